The number of ketones is 1. The van der Waals surface area contributed by atoms with E-state index in [1.165, 1.54) is 12.0 Å². The summed E-state index contributed by atoms with van der Waals surface area (Å²) in [6.45, 7) is 10.8. The Balaban J connectivity index is 2.12. The Morgan fingerprint density at radius 3 is 2.51 bits per heavy atom. The van der Waals surface area contributed by atoms with Crippen molar-refractivity contribution in [2.45, 2.75) is 40.2 Å². The number of carbonyl (C=O) groups excluding carboxylic acids is 3. The lowest BCUT2D eigenvalue weighted by atomic mass is 9.94. The highest BCUT2D eigenvalue weighted by Crippen LogP contribution is 2.41. The molecule has 0 saturated carbocycles. The summed E-state index contributed by atoms with van der Waals surface area (Å²) in [6, 6.07) is 6.65. The number of esters is 1. The van der Waals surface area contributed by atoms with Crippen LogP contribution >= 0.6 is 15.9 Å². The molecule has 1 atom stereocenters. The minimum Gasteiger partial charge on any atom is -0.507 e. The second-order valence-corrected chi connectivity index (χ2v) is 9.64. The Bertz CT molecular complexity index is 1170. The Kier molecular flexibility index (Phi) is 8.56. The fraction of sp³-hybridized carbons (Fsp3) is 0.423. The van der Waals surface area contributed by atoms with E-state index in [1.54, 1.807) is 18.7 Å². The van der Waals surface area contributed by atoms with E-state index in [1.807, 2.05) is 24.3 Å². The highest BCUT2D eigenvalue weighted by atomic mass is 79.9. The summed E-state index contributed by atoms with van der Waals surface area (Å²) < 4.78 is 5.63. The topological polar surface area (TPSA) is 104 Å². The Morgan fingerprint density at radius 2 is 1.91 bits per heavy atom. The number of aryl methyl sites for hydroxylation is 1. The zero-order valence-corrected chi connectivity index (χ0v) is 22.4. The van der Waals surface area contributed by atoms with E-state index in [0.717, 1.165) is 30.5 Å². The first-order valence-corrected chi connectivity index (χ1v) is 12.6. The number of ether oxygens (including phenoxy) is 1. The van der Waals surface area contributed by atoms with Gasteiger partial charge >= 0.3 is 5.97 Å². The van der Waals surface area contributed by atoms with Gasteiger partial charge in [0.25, 0.3) is 11.7 Å². The number of rotatable bonds is 9. The Morgan fingerprint density at radius 1 is 1.23 bits per heavy atom. The number of aliphatic hydroxyl groups excluding tert-OH is 1. The molecule has 0 aliphatic carbocycles. The fourth-order valence-corrected chi connectivity index (χ4v) is 5.20. The van der Waals surface area contributed by atoms with Crippen molar-refractivity contribution in [3.8, 4) is 0 Å². The van der Waals surface area contributed by atoms with Gasteiger partial charge in [0, 0.05) is 28.7 Å². The molecule has 0 spiro atoms. The molecule has 3 N–H and O–H groups in total. The minimum absolute atomic E-state index is 0.0184. The summed E-state index contributed by atoms with van der Waals surface area (Å²) in [6.07, 6.45) is 0.725. The molecule has 1 saturated heterocycles. The van der Waals surface area contributed by atoms with Crippen LogP contribution in [0.1, 0.15) is 59.2 Å². The number of amides is 1. The second kappa shape index (κ2) is 11.2. The Labute approximate surface area is 214 Å². The first-order chi connectivity index (χ1) is 16.7. The van der Waals surface area contributed by atoms with E-state index in [4.69, 9.17) is 4.74 Å². The van der Waals surface area contributed by atoms with E-state index >= 15 is 0 Å². The van der Waals surface area contributed by atoms with E-state index in [9.17, 15) is 19.5 Å². The molecule has 0 bridgehead atoms. The zero-order valence-electron chi connectivity index (χ0n) is 20.8. The maximum atomic E-state index is 13.3. The van der Waals surface area contributed by atoms with Crippen molar-refractivity contribution in [3.63, 3.8) is 0 Å². The molecule has 0 radical (unpaired) electrons. The molecule has 1 aliphatic heterocycles. The third-order valence-electron chi connectivity index (χ3n) is 6.70. The van der Waals surface area contributed by atoms with Crippen molar-refractivity contribution in [1.82, 2.24) is 9.88 Å². The van der Waals surface area contributed by atoms with Crippen LogP contribution in [0.5, 0.6) is 0 Å². The standard InChI is InChI=1S/C26H32BrN3O5/c1-6-29(7-2)12-9-13-30-22(17-10-8-11-18(27)14-17)20(24(32)25(30)33)23(31)19-15(3)21(26(34)35-5)28-16(19)4/h8,10-11,14,22,28,31H,6-7,9,12-13H2,1-5H3/p+1. The van der Waals surface area contributed by atoms with Gasteiger partial charge in [-0.15, -0.1) is 0 Å². The highest BCUT2D eigenvalue weighted by Gasteiger charge is 2.46. The van der Waals surface area contributed by atoms with Crippen molar-refractivity contribution >= 4 is 39.3 Å². The van der Waals surface area contributed by atoms with Crippen LogP contribution < -0.4 is 4.90 Å². The molecule has 3 rings (SSSR count). The van der Waals surface area contributed by atoms with Crippen LogP contribution in [0.4, 0.5) is 0 Å². The van der Waals surface area contributed by atoms with E-state index < -0.39 is 23.7 Å². The zero-order chi connectivity index (χ0) is 25.9. The Hall–Kier alpha value is -2.91. The van der Waals surface area contributed by atoms with Crippen LogP contribution in [0.2, 0.25) is 0 Å². The number of aromatic amines is 1. The lowest BCUT2D eigenvalue weighted by Gasteiger charge is -2.26. The van der Waals surface area contributed by atoms with Gasteiger partial charge in [0.05, 0.1) is 38.4 Å². The van der Waals surface area contributed by atoms with E-state index in [2.05, 4.69) is 34.8 Å². The predicted octanol–water partition coefficient (Wildman–Crippen LogP) is 2.92. The molecule has 9 heteroatoms. The van der Waals surface area contributed by atoms with Gasteiger partial charge < -0.3 is 24.6 Å². The maximum absolute atomic E-state index is 13.3. The van der Waals surface area contributed by atoms with Gasteiger partial charge in [-0.05, 0) is 51.0 Å². The molecule has 1 fully saturated rings. The average Bonchev–Trinajstić information content (AvgIpc) is 3.28. The number of nitrogens with one attached hydrogen (secondary N) is 2. The largest absolute Gasteiger partial charge is 0.507 e. The molecule has 2 heterocycles. The van der Waals surface area contributed by atoms with Crippen molar-refractivity contribution in [1.29, 1.82) is 0 Å². The van der Waals surface area contributed by atoms with Gasteiger partial charge in [-0.3, -0.25) is 9.59 Å². The van der Waals surface area contributed by atoms with Gasteiger partial charge in [-0.1, -0.05) is 28.1 Å². The summed E-state index contributed by atoms with van der Waals surface area (Å²) in [7, 11) is 1.27. The summed E-state index contributed by atoms with van der Waals surface area (Å²) in [5, 5.41) is 11.4. The molecule has 8 nitrogen and oxygen atoms in total. The molecule has 1 aromatic heterocycles. The second-order valence-electron chi connectivity index (χ2n) is 8.72. The predicted molar refractivity (Wildman–Crippen MR) is 136 cm³/mol. The number of likely N-dealkylation sites (tertiary alicyclic amines) is 1. The van der Waals surface area contributed by atoms with Crippen LogP contribution in [0.25, 0.3) is 5.76 Å². The summed E-state index contributed by atoms with van der Waals surface area (Å²) in [5.74, 6) is -2.24. The fourth-order valence-electron chi connectivity index (χ4n) is 4.78. The number of aromatic nitrogens is 1. The molecule has 1 aromatic carbocycles. The molecule has 1 aliphatic rings. The normalized spacial score (nSPS) is 17.5. The third kappa shape index (κ3) is 5.21. The molecular formula is C26H33BrN3O5+. The SMILES string of the molecule is CC[NH+](CC)CCCN1C(=O)C(=O)C(=C(O)c2c(C)[nH]c(C(=O)OC)c2C)C1c1cccc(Br)c1. The third-order valence-corrected chi connectivity index (χ3v) is 7.19. The highest BCUT2D eigenvalue weighted by molar-refractivity contribution is 9.10. The number of hydrogen-bond donors (Lipinski definition) is 3. The van der Waals surface area contributed by atoms with Gasteiger partial charge in [0.2, 0.25) is 0 Å². The lowest BCUT2D eigenvalue weighted by molar-refractivity contribution is -0.896. The summed E-state index contributed by atoms with van der Waals surface area (Å²) in [4.78, 5) is 44.6. The van der Waals surface area contributed by atoms with E-state index in [-0.39, 0.29) is 17.0 Å². The number of nitrogens with zero attached hydrogens (tertiary/aromatic N) is 1. The quantitative estimate of drug-likeness (QED) is 0.194. The van der Waals surface area contributed by atoms with Gasteiger partial charge in [-0.25, -0.2) is 4.79 Å². The van der Waals surface area contributed by atoms with E-state index in [0.29, 0.717) is 28.9 Å². The first-order valence-electron chi connectivity index (χ1n) is 11.8. The summed E-state index contributed by atoms with van der Waals surface area (Å²) >= 11 is 3.48. The minimum atomic E-state index is -0.741. The smallest absolute Gasteiger partial charge is 0.354 e. The monoisotopic (exact) mass is 546 g/mol. The number of Topliss-reactive ketones (excluding diaryl/α,β-unsaturated/α-hetero) is 1. The maximum Gasteiger partial charge on any atom is 0.354 e. The molecule has 188 valence electrons. The number of carbonyl (C=O) groups is 3. The number of H-pyrrole nitrogens is 1. The molecular weight excluding hydrogens is 514 g/mol. The number of benzene rings is 1. The first kappa shape index (κ1) is 26.7. The van der Waals surface area contributed by atoms with Crippen LogP contribution in [0.15, 0.2) is 34.3 Å². The molecule has 35 heavy (non-hydrogen) atoms. The lowest BCUT2D eigenvalue weighted by Crippen LogP contribution is -3.11. The van der Waals surface area contributed by atoms with Crippen molar-refractivity contribution in [2.24, 2.45) is 0 Å². The number of quaternary nitrogens is 1. The van der Waals surface area contributed by atoms with Crippen LogP contribution in [-0.2, 0) is 14.3 Å². The van der Waals surface area contributed by atoms with Crippen LogP contribution in [0, 0.1) is 13.8 Å². The van der Waals surface area contributed by atoms with Crippen molar-refractivity contribution in [2.75, 3.05) is 33.3 Å². The molecule has 1 amide bonds. The van der Waals surface area contributed by atoms with Crippen molar-refractivity contribution in [3.05, 3.63) is 62.4 Å². The van der Waals surface area contributed by atoms with Crippen LogP contribution in [0.3, 0.4) is 0 Å². The molecule has 2 aromatic rings. The number of methoxy groups -OCH3 is 1. The number of halogens is 1. The number of hydrogen-bond acceptors (Lipinski definition) is 5. The molecule has 1 unspecified atom stereocenters. The number of aliphatic hydroxyl groups is 1. The van der Waals surface area contributed by atoms with Crippen molar-refractivity contribution < 1.29 is 29.1 Å². The van der Waals surface area contributed by atoms with Gasteiger partial charge in [0.1, 0.15) is 11.5 Å². The van der Waals surface area contributed by atoms with Gasteiger partial charge in [0.15, 0.2) is 0 Å². The van der Waals surface area contributed by atoms with Crippen LogP contribution in [-0.4, -0.2) is 65.9 Å². The van der Waals surface area contributed by atoms with Gasteiger partial charge in [-0.2, -0.15) is 0 Å². The average molecular weight is 547 g/mol. The summed E-state index contributed by atoms with van der Waals surface area (Å²) in [5.41, 5.74) is 2.22.